The fourth-order valence-corrected chi connectivity index (χ4v) is 7.95. The van der Waals surface area contributed by atoms with Gasteiger partial charge >= 0.3 is 5.97 Å². The summed E-state index contributed by atoms with van der Waals surface area (Å²) < 4.78 is 12.2. The molecule has 0 unspecified atom stereocenters. The molecule has 0 aromatic heterocycles. The molecule has 0 aromatic carbocycles. The molecule has 0 saturated heterocycles. The molecule has 71 heavy (non-hydrogen) atoms. The molecule has 0 rings (SSSR count). The fraction of sp³-hybridized carbons (Fsp3) is 0.865. The van der Waals surface area contributed by atoms with Gasteiger partial charge in [0.15, 0.2) is 5.96 Å². The molecule has 0 aromatic rings. The maximum atomic E-state index is 13.0. The Balaban J connectivity index is 4.90. The second-order valence-electron chi connectivity index (χ2n) is 19.0. The van der Waals surface area contributed by atoms with Crippen LogP contribution >= 0.6 is 0 Å². The zero-order valence-electron chi connectivity index (χ0n) is 44.2. The smallest absolute Gasteiger partial charge is 0.305 e. The largest absolute Gasteiger partial charge is 0.481 e. The van der Waals surface area contributed by atoms with Crippen molar-refractivity contribution in [3.63, 3.8) is 0 Å². The third-order valence-electron chi connectivity index (χ3n) is 12.3. The third-order valence-corrected chi connectivity index (χ3v) is 12.3. The lowest BCUT2D eigenvalue weighted by Crippen LogP contribution is -2.57. The van der Waals surface area contributed by atoms with Gasteiger partial charge in [0.2, 0.25) is 29.5 Å². The van der Waals surface area contributed by atoms with Crippen molar-refractivity contribution >= 4 is 41.5 Å². The number of carboxylic acid groups (broad SMARTS) is 1. The van der Waals surface area contributed by atoms with Crippen LogP contribution in [-0.2, 0) is 38.2 Å². The average molecular weight is 1010 g/mol. The summed E-state index contributed by atoms with van der Waals surface area (Å²) in [6.07, 6.45) is 34.8. The highest BCUT2D eigenvalue weighted by Gasteiger charge is 2.29. The quantitative estimate of drug-likeness (QED) is 0.0204. The lowest BCUT2D eigenvalue weighted by atomic mass is 10.0. The Labute approximate surface area is 427 Å². The number of carboxylic acids is 1. The van der Waals surface area contributed by atoms with E-state index in [0.29, 0.717) is 26.2 Å². The van der Waals surface area contributed by atoms with Crippen LogP contribution < -0.4 is 43.8 Å². The molecule has 13 N–H and O–H groups in total. The van der Waals surface area contributed by atoms with Crippen LogP contribution in [-0.4, -0.2) is 129 Å². The van der Waals surface area contributed by atoms with Gasteiger partial charge in [-0.3, -0.25) is 33.8 Å². The molecule has 0 aliphatic rings. The number of aliphatic carboxylic acids is 1. The fourth-order valence-electron chi connectivity index (χ4n) is 7.95. The highest BCUT2D eigenvalue weighted by atomic mass is 16.5. The third kappa shape index (κ3) is 43.3. The maximum Gasteiger partial charge on any atom is 0.305 e. The van der Waals surface area contributed by atoms with Crippen LogP contribution in [0, 0.1) is 0 Å². The number of aliphatic hydroxyl groups is 1. The van der Waals surface area contributed by atoms with Gasteiger partial charge < -0.3 is 63.5 Å². The molecule has 4 atom stereocenters. The Morgan fingerprint density at radius 3 is 1.45 bits per heavy atom. The van der Waals surface area contributed by atoms with E-state index in [4.69, 9.17) is 26.7 Å². The number of hydrogen-bond donors (Lipinski definition) is 10. The molecule has 0 heterocycles. The number of amides is 5. The number of carbonyl (C=O) groups is 6. The van der Waals surface area contributed by atoms with Crippen LogP contribution in [0.4, 0.5) is 0 Å². The van der Waals surface area contributed by atoms with E-state index in [1.807, 2.05) is 0 Å². The Morgan fingerprint density at radius 1 is 0.535 bits per heavy atom. The Hall–Kier alpha value is -4.07. The van der Waals surface area contributed by atoms with Gasteiger partial charge in [0.05, 0.1) is 44.9 Å². The van der Waals surface area contributed by atoms with Gasteiger partial charge in [-0.1, -0.05) is 181 Å². The van der Waals surface area contributed by atoms with Crippen LogP contribution in [0.5, 0.6) is 0 Å². The second kappa shape index (κ2) is 48.2. The van der Waals surface area contributed by atoms with Crippen molar-refractivity contribution in [3.8, 4) is 0 Å². The summed E-state index contributed by atoms with van der Waals surface area (Å²) in [5.74, 6) is -5.66. The molecule has 19 nitrogen and oxygen atoms in total. The van der Waals surface area contributed by atoms with Gasteiger partial charge in [-0.15, -0.1) is 0 Å². The van der Waals surface area contributed by atoms with Crippen molar-refractivity contribution < 1.29 is 48.5 Å². The van der Waals surface area contributed by atoms with E-state index in [1.54, 1.807) is 0 Å². The van der Waals surface area contributed by atoms with E-state index >= 15 is 0 Å². The highest BCUT2D eigenvalue weighted by Crippen LogP contribution is 2.15. The molecule has 0 spiro atoms. The predicted molar refractivity (Wildman–Crippen MR) is 281 cm³/mol. The number of unbranched alkanes of at least 4 members (excludes halogenated alkanes) is 26. The molecule has 0 fully saturated rings. The molecule has 0 aliphatic heterocycles. The number of nitrogens with one attached hydrogen (secondary N) is 5. The summed E-state index contributed by atoms with van der Waals surface area (Å²) in [4.78, 5) is 79.1. The highest BCUT2D eigenvalue weighted by molar-refractivity contribution is 5.96. The van der Waals surface area contributed by atoms with Crippen LogP contribution in [0.15, 0.2) is 4.99 Å². The summed E-state index contributed by atoms with van der Waals surface area (Å²) in [5.41, 5.74) is 16.4. The van der Waals surface area contributed by atoms with Gasteiger partial charge in [-0.05, 0) is 25.7 Å². The molecule has 0 aliphatic carbocycles. The molecule has 0 saturated carbocycles. The average Bonchev–Trinajstić information content (AvgIpc) is 3.34. The number of ether oxygens (including phenoxy) is 2. The van der Waals surface area contributed by atoms with Crippen molar-refractivity contribution in [3.05, 3.63) is 0 Å². The first kappa shape index (κ1) is 66.9. The number of nitrogens with zero attached hydrogens (tertiary/aromatic N) is 1. The van der Waals surface area contributed by atoms with Gasteiger partial charge in [0.1, 0.15) is 12.1 Å². The van der Waals surface area contributed by atoms with E-state index in [-0.39, 0.29) is 25.5 Å². The molecule has 414 valence electrons. The molecule has 0 radical (unpaired) electrons. The van der Waals surface area contributed by atoms with Gasteiger partial charge in [0.25, 0.3) is 0 Å². The molecular weight excluding hydrogens is 911 g/mol. The van der Waals surface area contributed by atoms with E-state index < -0.39 is 85.9 Å². The van der Waals surface area contributed by atoms with Gasteiger partial charge in [-0.2, -0.15) is 0 Å². The standard InChI is InChI=1S/C52H101N9O10/c1-3-5-7-9-11-13-15-17-19-21-23-25-27-29-34-70-41-42(71-35-30-28-26-24-22-20-18-16-14-12-10-8-6-4-2)37-57-46(63)38-59-50(68)45(40-62)61-51(69)44(36-48(65)66)60-47(64)39-58-49(67)43(53)32-31-33-56-52(54)55/h42-45,62H,3-41,53H2,1-2H3,(H,57,63)(H,58,67)(H,59,68)(H,60,64)(H,61,69)(H,65,66)(H4,54,55,56)/t42-,43+,44+,45+/m1/s1. The Morgan fingerprint density at radius 2 is 0.986 bits per heavy atom. The topological polar surface area (TPSA) is 312 Å². The first-order valence-electron chi connectivity index (χ1n) is 27.6. The normalized spacial score (nSPS) is 12.8. The minimum Gasteiger partial charge on any atom is -0.481 e. The monoisotopic (exact) mass is 1010 g/mol. The first-order chi connectivity index (χ1) is 34.3. The van der Waals surface area contributed by atoms with Crippen LogP contribution in [0.25, 0.3) is 0 Å². The lowest BCUT2D eigenvalue weighted by Gasteiger charge is -2.22. The first-order valence-corrected chi connectivity index (χ1v) is 27.6. The summed E-state index contributed by atoms with van der Waals surface area (Å²) >= 11 is 0. The number of carbonyl (C=O) groups excluding carboxylic acids is 5. The Bertz CT molecular complexity index is 1410. The van der Waals surface area contributed by atoms with Gasteiger partial charge in [0, 0.05) is 26.3 Å². The van der Waals surface area contributed by atoms with Crippen molar-refractivity contribution in [1.82, 2.24) is 26.6 Å². The summed E-state index contributed by atoms with van der Waals surface area (Å²) in [6.45, 7) is 4.33. The van der Waals surface area contributed by atoms with Crippen molar-refractivity contribution in [1.29, 1.82) is 0 Å². The molecular formula is C52H101N9O10. The molecule has 0 bridgehead atoms. The SMILES string of the molecule is CCCCCCCCCCCCCCCCOC[C@@H](CNC(=O)CNC(=O)[C@H](CO)NC(=O)[C@H](CC(=O)O)NC(=O)CNC(=O)[C@@H](N)CCCN=C(N)N)OCCCCCCCCCCCCCCCC. The number of rotatable bonds is 51. The second-order valence-corrected chi connectivity index (χ2v) is 19.0. The Kier molecular flexibility index (Phi) is 45.4. The van der Waals surface area contributed by atoms with Crippen molar-refractivity contribution in [2.75, 3.05) is 52.6 Å². The summed E-state index contributed by atoms with van der Waals surface area (Å²) in [7, 11) is 0. The summed E-state index contributed by atoms with van der Waals surface area (Å²) in [6, 6.07) is -4.24. The molecule has 5 amide bonds. The maximum absolute atomic E-state index is 13.0. The van der Waals surface area contributed by atoms with E-state index in [2.05, 4.69) is 45.4 Å². The number of guanidine groups is 1. The van der Waals surface area contributed by atoms with E-state index in [9.17, 15) is 39.0 Å². The number of aliphatic imine (C=N–C) groups is 1. The minimum atomic E-state index is -1.67. The number of nitrogens with two attached hydrogens (primary N) is 3. The predicted octanol–water partition coefficient (Wildman–Crippen LogP) is 5.52. The van der Waals surface area contributed by atoms with E-state index in [0.717, 1.165) is 32.1 Å². The van der Waals surface area contributed by atoms with E-state index in [1.165, 1.54) is 148 Å². The molecule has 19 heteroatoms. The van der Waals surface area contributed by atoms with Crippen LogP contribution in [0.1, 0.15) is 213 Å². The number of hydrogen-bond acceptors (Lipinski definition) is 11. The van der Waals surface area contributed by atoms with Crippen LogP contribution in [0.2, 0.25) is 0 Å². The van der Waals surface area contributed by atoms with Crippen LogP contribution in [0.3, 0.4) is 0 Å². The zero-order valence-corrected chi connectivity index (χ0v) is 44.2. The van der Waals surface area contributed by atoms with Crippen molar-refractivity contribution in [2.45, 2.75) is 237 Å². The van der Waals surface area contributed by atoms with Gasteiger partial charge in [-0.25, -0.2) is 0 Å². The summed E-state index contributed by atoms with van der Waals surface area (Å²) in [5, 5.41) is 31.2. The lowest BCUT2D eigenvalue weighted by molar-refractivity contribution is -0.141. The van der Waals surface area contributed by atoms with Crippen molar-refractivity contribution in [2.24, 2.45) is 22.2 Å². The zero-order chi connectivity index (χ0) is 52.6. The minimum absolute atomic E-state index is 0.102. The number of aliphatic hydroxyl groups excluding tert-OH is 1.